The highest BCUT2D eigenvalue weighted by Gasteiger charge is 2.49. The maximum atomic E-state index is 17.0. The minimum absolute atomic E-state index is 0.0195. The van der Waals surface area contributed by atoms with Gasteiger partial charge in [0.1, 0.15) is 35.3 Å². The van der Waals surface area contributed by atoms with Crippen LogP contribution in [0, 0.1) is 23.0 Å². The fourth-order valence-electron chi connectivity index (χ4n) is 8.81. The molecule has 274 valence electrons. The van der Waals surface area contributed by atoms with Gasteiger partial charge < -0.3 is 29.3 Å². The predicted octanol–water partition coefficient (Wildman–Crippen LogP) is 6.62. The Morgan fingerprint density at radius 2 is 1.90 bits per heavy atom. The number of piperidine rings is 1. The Morgan fingerprint density at radius 3 is 2.69 bits per heavy atom. The van der Waals surface area contributed by atoms with Gasteiger partial charge in [0.15, 0.2) is 5.82 Å². The van der Waals surface area contributed by atoms with E-state index in [-0.39, 0.29) is 45.2 Å². The number of phenols is 1. The van der Waals surface area contributed by atoms with Crippen molar-refractivity contribution >= 4 is 27.5 Å². The Balaban J connectivity index is 1.28. The van der Waals surface area contributed by atoms with Crippen molar-refractivity contribution in [3.8, 4) is 23.0 Å². The first-order valence-electron chi connectivity index (χ1n) is 18.5. The van der Waals surface area contributed by atoms with E-state index in [9.17, 15) is 10.2 Å². The maximum absolute atomic E-state index is 17.0. The lowest BCUT2D eigenvalue weighted by Gasteiger charge is -2.47. The van der Waals surface area contributed by atoms with E-state index < -0.39 is 18.4 Å². The van der Waals surface area contributed by atoms with Gasteiger partial charge in [0.05, 0.1) is 18.6 Å². The monoisotopic (exact) mass is 705 g/mol. The number of aliphatic hydroxyl groups excluding tert-OH is 1. The number of aromatic nitrogens is 3. The summed E-state index contributed by atoms with van der Waals surface area (Å²) >= 11 is 0. The molecule has 0 spiro atoms. The number of likely N-dealkylation sites (tertiary alicyclic amines) is 1. The van der Waals surface area contributed by atoms with E-state index in [2.05, 4.69) is 14.9 Å². The average Bonchev–Trinajstić information content (AvgIpc) is 3.58. The minimum atomic E-state index is -0.751. The van der Waals surface area contributed by atoms with Crippen molar-refractivity contribution in [1.82, 2.24) is 19.9 Å². The van der Waals surface area contributed by atoms with Gasteiger partial charge in [-0.3, -0.25) is 9.88 Å². The van der Waals surface area contributed by atoms with Crippen LogP contribution in [0.15, 0.2) is 30.5 Å². The number of fused-ring (bicyclic) bond motifs is 3. The standard InChI is InChI=1S/C39H49F2N5O5/c1-3-28-31(40)9-8-26-19-27(48)20-29(33(26)28)35-34(41)36-30(21-42-35)37(46(24-47)15-18-49-4-2)44-38(43-36)51-23-39-12-5-7-32(39)45(14-6-13-39)22-25-10-16-50-17-11-25/h8-9,19-21,25,32,47-48H,3-7,10-18,22-24H2,1-2H3. The normalized spacial score (nSPS) is 21.4. The van der Waals surface area contributed by atoms with Crippen LogP contribution in [-0.4, -0.2) is 95.5 Å². The second kappa shape index (κ2) is 15.5. The van der Waals surface area contributed by atoms with Crippen molar-refractivity contribution in [3.63, 3.8) is 0 Å². The third-order valence-electron chi connectivity index (χ3n) is 11.3. The fourth-order valence-corrected chi connectivity index (χ4v) is 8.81. The summed E-state index contributed by atoms with van der Waals surface area (Å²) in [6.45, 7) is 8.68. The van der Waals surface area contributed by atoms with Crippen LogP contribution >= 0.6 is 0 Å². The average molecular weight is 706 g/mol. The molecule has 3 fully saturated rings. The molecule has 0 amide bonds. The van der Waals surface area contributed by atoms with Gasteiger partial charge in [0.2, 0.25) is 0 Å². The molecule has 2 saturated heterocycles. The zero-order valence-electron chi connectivity index (χ0n) is 29.7. The van der Waals surface area contributed by atoms with Crippen LogP contribution in [0.25, 0.3) is 32.9 Å². The number of hydrogen-bond acceptors (Lipinski definition) is 10. The SMILES string of the molecule is CCOCCN(CO)c1nc(OCC23CCCC2N(CC2CCOCC2)CCC3)nc2c(F)c(-c3cc(O)cc4ccc(F)c(CC)c34)ncc12. The van der Waals surface area contributed by atoms with E-state index in [1.165, 1.54) is 24.4 Å². The van der Waals surface area contributed by atoms with E-state index in [0.717, 1.165) is 71.2 Å². The second-order valence-corrected chi connectivity index (χ2v) is 14.3. The van der Waals surface area contributed by atoms with Crippen molar-refractivity contribution in [2.24, 2.45) is 11.3 Å². The Morgan fingerprint density at radius 1 is 1.08 bits per heavy atom. The predicted molar refractivity (Wildman–Crippen MR) is 192 cm³/mol. The summed E-state index contributed by atoms with van der Waals surface area (Å²) in [6, 6.07) is 6.29. The van der Waals surface area contributed by atoms with Crippen molar-refractivity contribution < 1.29 is 33.2 Å². The van der Waals surface area contributed by atoms with Crippen LogP contribution in [0.4, 0.5) is 14.6 Å². The zero-order valence-corrected chi connectivity index (χ0v) is 29.7. The number of aliphatic hydroxyl groups is 1. The number of nitrogens with zero attached hydrogens (tertiary/aromatic N) is 5. The number of phenolic OH excluding ortho intramolecular Hbond substituents is 1. The lowest BCUT2D eigenvalue weighted by molar-refractivity contribution is -0.0203. The molecule has 1 saturated carbocycles. The Kier molecular flexibility index (Phi) is 10.8. The van der Waals surface area contributed by atoms with E-state index in [0.29, 0.717) is 61.1 Å². The van der Waals surface area contributed by atoms with Gasteiger partial charge in [-0.15, -0.1) is 0 Å². The molecule has 1 aliphatic carbocycles. The highest BCUT2D eigenvalue weighted by molar-refractivity contribution is 6.01. The van der Waals surface area contributed by atoms with E-state index in [1.54, 1.807) is 11.0 Å². The second-order valence-electron chi connectivity index (χ2n) is 14.3. The molecule has 3 aliphatic rings. The van der Waals surface area contributed by atoms with Gasteiger partial charge >= 0.3 is 6.01 Å². The molecule has 7 rings (SSSR count). The molecule has 2 atom stereocenters. The highest BCUT2D eigenvalue weighted by Crippen LogP contribution is 2.48. The third-order valence-corrected chi connectivity index (χ3v) is 11.3. The van der Waals surface area contributed by atoms with Crippen molar-refractivity contribution in [2.75, 3.05) is 64.3 Å². The number of benzene rings is 2. The molecular formula is C39H49F2N5O5. The molecule has 0 radical (unpaired) electrons. The number of aromatic hydroxyl groups is 1. The number of hydrogen-bond donors (Lipinski definition) is 2. The number of halogens is 2. The first-order valence-corrected chi connectivity index (χ1v) is 18.5. The van der Waals surface area contributed by atoms with E-state index >= 15 is 8.78 Å². The Bertz CT molecular complexity index is 1860. The van der Waals surface area contributed by atoms with Crippen LogP contribution in [0.5, 0.6) is 11.8 Å². The summed E-state index contributed by atoms with van der Waals surface area (Å²) in [7, 11) is 0. The molecule has 0 bridgehead atoms. The number of anilines is 1. The van der Waals surface area contributed by atoms with Crippen molar-refractivity contribution in [2.45, 2.75) is 71.3 Å². The van der Waals surface area contributed by atoms with Crippen molar-refractivity contribution in [1.29, 1.82) is 0 Å². The van der Waals surface area contributed by atoms with E-state index in [1.807, 2.05) is 13.8 Å². The molecule has 12 heteroatoms. The number of ether oxygens (including phenoxy) is 3. The highest BCUT2D eigenvalue weighted by atomic mass is 19.1. The van der Waals surface area contributed by atoms with Crippen LogP contribution in [-0.2, 0) is 15.9 Å². The van der Waals surface area contributed by atoms with Crippen LogP contribution in [0.2, 0.25) is 0 Å². The Hall–Kier alpha value is -3.71. The summed E-state index contributed by atoms with van der Waals surface area (Å²) < 4.78 is 49.7. The first-order chi connectivity index (χ1) is 24.9. The first kappa shape index (κ1) is 35.7. The fraction of sp³-hybridized carbons (Fsp3) is 0.564. The molecule has 2 aliphatic heterocycles. The summed E-state index contributed by atoms with van der Waals surface area (Å²) in [5.74, 6) is -0.334. The van der Waals surface area contributed by atoms with Gasteiger partial charge in [-0.1, -0.05) is 19.4 Å². The van der Waals surface area contributed by atoms with Gasteiger partial charge in [0.25, 0.3) is 0 Å². The Labute approximate surface area is 297 Å². The summed E-state index contributed by atoms with van der Waals surface area (Å²) in [4.78, 5) is 18.2. The molecule has 2 aromatic heterocycles. The molecule has 51 heavy (non-hydrogen) atoms. The molecule has 2 N–H and O–H groups in total. The van der Waals surface area contributed by atoms with Crippen LogP contribution in [0.3, 0.4) is 0 Å². The number of aryl methyl sites for hydroxylation is 1. The van der Waals surface area contributed by atoms with Gasteiger partial charge in [-0.05, 0) is 98.9 Å². The third kappa shape index (κ3) is 7.07. The lowest BCUT2D eigenvalue weighted by Crippen LogP contribution is -2.53. The van der Waals surface area contributed by atoms with E-state index in [4.69, 9.17) is 19.2 Å². The van der Waals surface area contributed by atoms with Gasteiger partial charge in [-0.25, -0.2) is 8.78 Å². The summed E-state index contributed by atoms with van der Waals surface area (Å²) in [6.07, 6.45) is 9.45. The van der Waals surface area contributed by atoms with Crippen LogP contribution < -0.4 is 9.64 Å². The number of pyridine rings is 1. The zero-order chi connectivity index (χ0) is 35.5. The quantitative estimate of drug-likeness (QED) is 0.116. The summed E-state index contributed by atoms with van der Waals surface area (Å²) in [5.41, 5.74) is 0.498. The molecule has 2 unspecified atom stereocenters. The smallest absolute Gasteiger partial charge is 0.319 e. The van der Waals surface area contributed by atoms with Crippen LogP contribution in [0.1, 0.15) is 64.4 Å². The molecule has 4 heterocycles. The lowest BCUT2D eigenvalue weighted by atomic mass is 9.75. The molecule has 4 aromatic rings. The molecular weight excluding hydrogens is 656 g/mol. The minimum Gasteiger partial charge on any atom is -0.508 e. The largest absolute Gasteiger partial charge is 0.508 e. The number of rotatable bonds is 13. The topological polar surface area (TPSA) is 113 Å². The summed E-state index contributed by atoms with van der Waals surface area (Å²) in [5, 5.41) is 22.4. The van der Waals surface area contributed by atoms with Gasteiger partial charge in [0, 0.05) is 56.1 Å². The molecule has 10 nitrogen and oxygen atoms in total. The van der Waals surface area contributed by atoms with Gasteiger partial charge in [-0.2, -0.15) is 9.97 Å². The van der Waals surface area contributed by atoms with Crippen molar-refractivity contribution in [3.05, 3.63) is 47.7 Å². The maximum Gasteiger partial charge on any atom is 0.319 e. The molecule has 2 aromatic carbocycles.